The number of hydrogen-bond acceptors (Lipinski definition) is 3. The van der Waals surface area contributed by atoms with Crippen molar-refractivity contribution in [3.05, 3.63) is 65.2 Å². The molecule has 0 aliphatic carbocycles. The Bertz CT molecular complexity index is 873. The molecule has 2 N–H and O–H groups in total. The second-order valence-electron chi connectivity index (χ2n) is 6.62. The number of aromatic nitrogens is 1. The molecule has 2 atom stereocenters. The number of pyridine rings is 1. The molecule has 1 aliphatic rings. The van der Waals surface area contributed by atoms with Gasteiger partial charge in [-0.05, 0) is 49.2 Å². The maximum absolute atomic E-state index is 11.0. The van der Waals surface area contributed by atoms with Gasteiger partial charge in [-0.3, -0.25) is 0 Å². The van der Waals surface area contributed by atoms with E-state index in [-0.39, 0.29) is 6.04 Å². The van der Waals surface area contributed by atoms with Crippen molar-refractivity contribution in [3.8, 4) is 11.3 Å². The molecule has 2 heterocycles. The van der Waals surface area contributed by atoms with Crippen molar-refractivity contribution >= 4 is 22.5 Å². The molecule has 0 radical (unpaired) electrons. The van der Waals surface area contributed by atoms with Gasteiger partial charge >= 0.3 is 0 Å². The van der Waals surface area contributed by atoms with Crippen LogP contribution in [-0.2, 0) is 0 Å². The molecule has 0 amide bonds. The number of halogens is 1. The first-order chi connectivity index (χ1) is 12.2. The molecule has 4 rings (SSSR count). The number of rotatable bonds is 3. The van der Waals surface area contributed by atoms with E-state index in [1.54, 1.807) is 0 Å². The van der Waals surface area contributed by atoms with E-state index >= 15 is 0 Å². The van der Waals surface area contributed by atoms with E-state index in [0.717, 1.165) is 47.1 Å². The number of fused-ring (bicyclic) bond motifs is 1. The van der Waals surface area contributed by atoms with E-state index < -0.39 is 6.10 Å². The minimum absolute atomic E-state index is 0.0950. The topological polar surface area (TPSA) is 45.2 Å². The molecule has 0 bridgehead atoms. The van der Waals surface area contributed by atoms with Gasteiger partial charge in [-0.1, -0.05) is 48.4 Å². The first kappa shape index (κ1) is 16.5. The van der Waals surface area contributed by atoms with Crippen molar-refractivity contribution in [2.24, 2.45) is 0 Å². The third-order valence-corrected chi connectivity index (χ3v) is 5.19. The largest absolute Gasteiger partial charge is 0.387 e. The van der Waals surface area contributed by atoms with Gasteiger partial charge in [0.1, 0.15) is 0 Å². The van der Waals surface area contributed by atoms with Crippen LogP contribution in [-0.4, -0.2) is 22.7 Å². The third kappa shape index (κ3) is 3.40. The van der Waals surface area contributed by atoms with E-state index in [0.29, 0.717) is 5.02 Å². The fourth-order valence-corrected chi connectivity index (χ4v) is 3.71. The minimum atomic E-state index is -0.542. The summed E-state index contributed by atoms with van der Waals surface area (Å²) in [6.07, 6.45) is 2.78. The van der Waals surface area contributed by atoms with E-state index in [1.807, 2.05) is 54.6 Å². The summed E-state index contributed by atoms with van der Waals surface area (Å²) < 4.78 is 0. The summed E-state index contributed by atoms with van der Waals surface area (Å²) >= 11 is 6.01. The Kier molecular flexibility index (Phi) is 4.71. The predicted molar refractivity (Wildman–Crippen MR) is 103 cm³/mol. The molecule has 0 spiro atoms. The van der Waals surface area contributed by atoms with Gasteiger partial charge in [-0.25, -0.2) is 4.98 Å². The van der Waals surface area contributed by atoms with Crippen LogP contribution in [0, 0.1) is 0 Å². The lowest BCUT2D eigenvalue weighted by atomic mass is 9.92. The molecule has 128 valence electrons. The van der Waals surface area contributed by atoms with E-state index in [9.17, 15) is 5.11 Å². The van der Waals surface area contributed by atoms with Crippen LogP contribution in [0.2, 0.25) is 5.02 Å². The standard InChI is InChI=1S/C21H21ClN2O/c22-15-10-8-14(9-11-15)20-13-17(16-5-1-2-6-18(16)24-20)21(25)19-7-3-4-12-23-19/h1-2,5-6,8-11,13,19,21,23,25H,3-4,7,12H2/t19?,21-/m0/s1. The number of nitrogens with one attached hydrogen (secondary N) is 1. The van der Waals surface area contributed by atoms with Crippen molar-refractivity contribution in [1.29, 1.82) is 0 Å². The zero-order chi connectivity index (χ0) is 17.2. The fourth-order valence-electron chi connectivity index (χ4n) is 3.58. The fraction of sp³-hybridized carbons (Fsp3) is 0.286. The SMILES string of the molecule is O[C@@H](c1cc(-c2ccc(Cl)cc2)nc2ccccc12)C1CCCCN1. The van der Waals surface area contributed by atoms with Crippen LogP contribution in [0.1, 0.15) is 30.9 Å². The van der Waals surface area contributed by atoms with Gasteiger partial charge in [-0.2, -0.15) is 0 Å². The second-order valence-corrected chi connectivity index (χ2v) is 7.06. The normalized spacial score (nSPS) is 19.0. The maximum Gasteiger partial charge on any atom is 0.0950 e. The Hall–Kier alpha value is -1.94. The number of hydrogen-bond donors (Lipinski definition) is 2. The van der Waals surface area contributed by atoms with Gasteiger partial charge < -0.3 is 10.4 Å². The first-order valence-corrected chi connectivity index (χ1v) is 9.17. The highest BCUT2D eigenvalue weighted by atomic mass is 35.5. The Morgan fingerprint density at radius 2 is 1.88 bits per heavy atom. The zero-order valence-corrected chi connectivity index (χ0v) is 14.7. The second kappa shape index (κ2) is 7.12. The summed E-state index contributed by atoms with van der Waals surface area (Å²) in [5, 5.41) is 16.2. The molecule has 25 heavy (non-hydrogen) atoms. The summed E-state index contributed by atoms with van der Waals surface area (Å²) in [5.74, 6) is 0. The Morgan fingerprint density at radius 1 is 1.08 bits per heavy atom. The van der Waals surface area contributed by atoms with Crippen molar-refractivity contribution in [3.63, 3.8) is 0 Å². The molecule has 4 heteroatoms. The number of nitrogens with zero attached hydrogens (tertiary/aromatic N) is 1. The average molecular weight is 353 g/mol. The highest BCUT2D eigenvalue weighted by Gasteiger charge is 2.25. The van der Waals surface area contributed by atoms with E-state index in [1.165, 1.54) is 6.42 Å². The smallest absolute Gasteiger partial charge is 0.0950 e. The highest BCUT2D eigenvalue weighted by molar-refractivity contribution is 6.30. The minimum Gasteiger partial charge on any atom is -0.387 e. The molecule has 3 aromatic rings. The number of aliphatic hydroxyl groups excluding tert-OH is 1. The van der Waals surface area contributed by atoms with Crippen LogP contribution in [0.25, 0.3) is 22.2 Å². The number of piperidine rings is 1. The average Bonchev–Trinajstić information content (AvgIpc) is 2.68. The predicted octanol–water partition coefficient (Wildman–Crippen LogP) is 4.73. The van der Waals surface area contributed by atoms with Crippen molar-refractivity contribution < 1.29 is 5.11 Å². The zero-order valence-electron chi connectivity index (χ0n) is 14.0. The Labute approximate surface area is 152 Å². The molecule has 1 aliphatic heterocycles. The van der Waals surface area contributed by atoms with Gasteiger partial charge in [0.05, 0.1) is 17.3 Å². The van der Waals surface area contributed by atoms with Crippen molar-refractivity contribution in [2.75, 3.05) is 6.54 Å². The highest BCUT2D eigenvalue weighted by Crippen LogP contribution is 2.32. The maximum atomic E-state index is 11.0. The van der Waals surface area contributed by atoms with Gasteiger partial charge in [0.15, 0.2) is 0 Å². The lowest BCUT2D eigenvalue weighted by molar-refractivity contribution is 0.115. The Balaban J connectivity index is 1.82. The summed E-state index contributed by atoms with van der Waals surface area (Å²) in [4.78, 5) is 4.79. The molecule has 1 saturated heterocycles. The molecular weight excluding hydrogens is 332 g/mol. The van der Waals surface area contributed by atoms with Gasteiger partial charge in [-0.15, -0.1) is 0 Å². The molecular formula is C21H21ClN2O. The van der Waals surface area contributed by atoms with Gasteiger partial charge in [0.2, 0.25) is 0 Å². The summed E-state index contributed by atoms with van der Waals surface area (Å²) in [5.41, 5.74) is 3.70. The van der Waals surface area contributed by atoms with Crippen molar-refractivity contribution in [1.82, 2.24) is 10.3 Å². The summed E-state index contributed by atoms with van der Waals surface area (Å²) in [6.45, 7) is 0.967. The van der Waals surface area contributed by atoms with Crippen LogP contribution < -0.4 is 5.32 Å². The van der Waals surface area contributed by atoms with Crippen LogP contribution in [0.3, 0.4) is 0 Å². The van der Waals surface area contributed by atoms with Crippen LogP contribution in [0.4, 0.5) is 0 Å². The summed E-state index contributed by atoms with van der Waals surface area (Å²) in [7, 11) is 0. The third-order valence-electron chi connectivity index (χ3n) is 4.94. The van der Waals surface area contributed by atoms with Gasteiger partial charge in [0.25, 0.3) is 0 Å². The lowest BCUT2D eigenvalue weighted by Crippen LogP contribution is -2.38. The molecule has 1 aromatic heterocycles. The summed E-state index contributed by atoms with van der Waals surface area (Å²) in [6, 6.07) is 17.8. The monoisotopic (exact) mass is 352 g/mol. The lowest BCUT2D eigenvalue weighted by Gasteiger charge is -2.29. The van der Waals surface area contributed by atoms with Crippen LogP contribution in [0.15, 0.2) is 54.6 Å². The van der Waals surface area contributed by atoms with E-state index in [2.05, 4.69) is 5.32 Å². The van der Waals surface area contributed by atoms with Crippen LogP contribution in [0.5, 0.6) is 0 Å². The number of para-hydroxylation sites is 1. The molecule has 3 nitrogen and oxygen atoms in total. The van der Waals surface area contributed by atoms with E-state index in [4.69, 9.17) is 16.6 Å². The Morgan fingerprint density at radius 3 is 2.64 bits per heavy atom. The first-order valence-electron chi connectivity index (χ1n) is 8.79. The molecule has 1 unspecified atom stereocenters. The van der Waals surface area contributed by atoms with Gasteiger partial charge in [0, 0.05) is 22.0 Å². The van der Waals surface area contributed by atoms with Crippen molar-refractivity contribution in [2.45, 2.75) is 31.4 Å². The van der Waals surface area contributed by atoms with Crippen LogP contribution >= 0.6 is 11.6 Å². The molecule has 1 fully saturated rings. The number of aliphatic hydroxyl groups is 1. The molecule has 0 saturated carbocycles. The number of benzene rings is 2. The quantitative estimate of drug-likeness (QED) is 0.716. The molecule has 2 aromatic carbocycles.